The second kappa shape index (κ2) is 12.5. The Hall–Kier alpha value is -1.90. The highest BCUT2D eigenvalue weighted by molar-refractivity contribution is 5.59. The first-order valence-electron chi connectivity index (χ1n) is 10.8. The van der Waals surface area contributed by atoms with Crippen LogP contribution in [0.5, 0.6) is 5.75 Å². The van der Waals surface area contributed by atoms with Gasteiger partial charge in [-0.15, -0.1) is 0 Å². The van der Waals surface area contributed by atoms with Crippen LogP contribution in [0.4, 0.5) is 0 Å². The third-order valence-electron chi connectivity index (χ3n) is 5.23. The highest BCUT2D eigenvalue weighted by atomic mass is 16.5. The molecule has 0 bridgehead atoms. The van der Waals surface area contributed by atoms with Gasteiger partial charge in [0.2, 0.25) is 0 Å². The van der Waals surface area contributed by atoms with E-state index in [0.717, 1.165) is 48.1 Å². The maximum Gasteiger partial charge on any atom is 0.119 e. The summed E-state index contributed by atoms with van der Waals surface area (Å²) in [6, 6.07) is 12.4. The van der Waals surface area contributed by atoms with Gasteiger partial charge in [-0.2, -0.15) is 10.2 Å². The molecule has 0 amide bonds. The molecule has 1 heterocycles. The maximum atomic E-state index is 5.83. The predicted molar refractivity (Wildman–Crippen MR) is 114 cm³/mol. The van der Waals surface area contributed by atoms with E-state index in [1.165, 1.54) is 44.9 Å². The molecular formula is C24H36N2O. The monoisotopic (exact) mass is 368 g/mol. The Morgan fingerprint density at radius 2 is 1.59 bits per heavy atom. The molecule has 0 N–H and O–H groups in total. The van der Waals surface area contributed by atoms with Crippen LogP contribution in [0.1, 0.15) is 77.8 Å². The van der Waals surface area contributed by atoms with Crippen LogP contribution in [0.2, 0.25) is 0 Å². The lowest BCUT2D eigenvalue weighted by atomic mass is 10.1. The fourth-order valence-corrected chi connectivity index (χ4v) is 3.04. The molecular weight excluding hydrogens is 332 g/mol. The number of aryl methyl sites for hydroxylation is 1. The first kappa shape index (κ1) is 21.4. The number of rotatable bonds is 13. The normalized spacial score (nSPS) is 12.1. The SMILES string of the molecule is CCCCCCCCc1ccc(-c2ccc(OCC[C@@H](C)CC)cc2)nn1. The summed E-state index contributed by atoms with van der Waals surface area (Å²) < 4.78 is 5.83. The number of nitrogens with zero attached hydrogens (tertiary/aromatic N) is 2. The maximum absolute atomic E-state index is 5.83. The molecule has 2 rings (SSSR count). The third-order valence-corrected chi connectivity index (χ3v) is 5.23. The molecule has 0 radical (unpaired) electrons. The number of hydrogen-bond acceptors (Lipinski definition) is 3. The lowest BCUT2D eigenvalue weighted by molar-refractivity contribution is 0.282. The van der Waals surface area contributed by atoms with Gasteiger partial charge in [-0.25, -0.2) is 0 Å². The second-order valence-electron chi connectivity index (χ2n) is 7.60. The molecule has 0 fully saturated rings. The van der Waals surface area contributed by atoms with Gasteiger partial charge >= 0.3 is 0 Å². The van der Waals surface area contributed by atoms with E-state index in [2.05, 4.69) is 55.2 Å². The minimum Gasteiger partial charge on any atom is -0.494 e. The van der Waals surface area contributed by atoms with Crippen molar-refractivity contribution in [2.24, 2.45) is 5.92 Å². The molecule has 3 heteroatoms. The van der Waals surface area contributed by atoms with Crippen molar-refractivity contribution in [1.82, 2.24) is 10.2 Å². The third kappa shape index (κ3) is 8.11. The van der Waals surface area contributed by atoms with Crippen molar-refractivity contribution in [3.63, 3.8) is 0 Å². The molecule has 148 valence electrons. The summed E-state index contributed by atoms with van der Waals surface area (Å²) in [5.74, 6) is 1.64. The Morgan fingerprint density at radius 1 is 0.852 bits per heavy atom. The van der Waals surface area contributed by atoms with Crippen molar-refractivity contribution < 1.29 is 4.74 Å². The lowest BCUT2D eigenvalue weighted by Gasteiger charge is -2.10. The Kier molecular flexibility index (Phi) is 9.89. The minimum absolute atomic E-state index is 0.717. The summed E-state index contributed by atoms with van der Waals surface area (Å²) in [6.45, 7) is 7.52. The first-order chi connectivity index (χ1) is 13.2. The van der Waals surface area contributed by atoms with Gasteiger partial charge in [-0.1, -0.05) is 59.3 Å². The van der Waals surface area contributed by atoms with Crippen LogP contribution in [0.25, 0.3) is 11.3 Å². The average Bonchev–Trinajstić information content (AvgIpc) is 2.71. The van der Waals surface area contributed by atoms with Gasteiger partial charge in [0.1, 0.15) is 5.75 Å². The highest BCUT2D eigenvalue weighted by Crippen LogP contribution is 2.21. The molecule has 1 aromatic heterocycles. The van der Waals surface area contributed by atoms with E-state index < -0.39 is 0 Å². The summed E-state index contributed by atoms with van der Waals surface area (Å²) in [4.78, 5) is 0. The summed E-state index contributed by atoms with van der Waals surface area (Å²) in [5, 5.41) is 8.82. The molecule has 0 aliphatic carbocycles. The summed E-state index contributed by atoms with van der Waals surface area (Å²) in [6.07, 6.45) is 11.2. The fraction of sp³-hybridized carbons (Fsp3) is 0.583. The standard InChI is InChI=1S/C24H36N2O/c1-4-6-7-8-9-10-11-22-14-17-24(26-25-22)21-12-15-23(16-13-21)27-19-18-20(3)5-2/h12-17,20H,4-11,18-19H2,1-3H3/t20-/m0/s1. The number of benzene rings is 1. The van der Waals surface area contributed by atoms with E-state index in [4.69, 9.17) is 4.74 Å². The van der Waals surface area contributed by atoms with Crippen LogP contribution < -0.4 is 4.74 Å². The van der Waals surface area contributed by atoms with Crippen molar-refractivity contribution in [1.29, 1.82) is 0 Å². The molecule has 0 aliphatic rings. The highest BCUT2D eigenvalue weighted by Gasteiger charge is 2.04. The molecule has 1 aromatic carbocycles. The zero-order chi connectivity index (χ0) is 19.3. The zero-order valence-electron chi connectivity index (χ0n) is 17.4. The largest absolute Gasteiger partial charge is 0.494 e. The molecule has 0 saturated carbocycles. The van der Waals surface area contributed by atoms with Crippen molar-refractivity contribution in [2.45, 2.75) is 78.6 Å². The van der Waals surface area contributed by atoms with E-state index in [9.17, 15) is 0 Å². The first-order valence-corrected chi connectivity index (χ1v) is 10.8. The van der Waals surface area contributed by atoms with E-state index in [-0.39, 0.29) is 0 Å². The number of hydrogen-bond donors (Lipinski definition) is 0. The van der Waals surface area contributed by atoms with E-state index >= 15 is 0 Å². The predicted octanol–water partition coefficient (Wildman–Crippen LogP) is 6.86. The van der Waals surface area contributed by atoms with Gasteiger partial charge in [-0.05, 0) is 61.6 Å². The average molecular weight is 369 g/mol. The smallest absolute Gasteiger partial charge is 0.119 e. The molecule has 27 heavy (non-hydrogen) atoms. The molecule has 0 saturated heterocycles. The molecule has 0 aliphatic heterocycles. The van der Waals surface area contributed by atoms with Gasteiger partial charge in [0.15, 0.2) is 0 Å². The van der Waals surface area contributed by atoms with Crippen molar-refractivity contribution >= 4 is 0 Å². The molecule has 0 spiro atoms. The van der Waals surface area contributed by atoms with Crippen LogP contribution >= 0.6 is 0 Å². The number of unbranched alkanes of at least 4 members (excludes halogenated alkanes) is 5. The van der Waals surface area contributed by atoms with E-state index in [1.807, 2.05) is 12.1 Å². The minimum atomic E-state index is 0.717. The van der Waals surface area contributed by atoms with Gasteiger partial charge in [0, 0.05) is 5.56 Å². The molecule has 0 unspecified atom stereocenters. The lowest BCUT2D eigenvalue weighted by Crippen LogP contribution is -2.03. The van der Waals surface area contributed by atoms with Crippen molar-refractivity contribution in [2.75, 3.05) is 6.61 Å². The van der Waals surface area contributed by atoms with E-state index in [0.29, 0.717) is 0 Å². The van der Waals surface area contributed by atoms with Gasteiger partial charge < -0.3 is 4.74 Å². The number of ether oxygens (including phenoxy) is 1. The second-order valence-corrected chi connectivity index (χ2v) is 7.60. The molecule has 1 atom stereocenters. The molecule has 3 nitrogen and oxygen atoms in total. The van der Waals surface area contributed by atoms with Crippen molar-refractivity contribution in [3.8, 4) is 17.0 Å². The molecule has 2 aromatic rings. The Balaban J connectivity index is 1.77. The van der Waals surface area contributed by atoms with Gasteiger partial charge in [-0.3, -0.25) is 0 Å². The summed E-state index contributed by atoms with van der Waals surface area (Å²) >= 11 is 0. The van der Waals surface area contributed by atoms with Crippen LogP contribution in [0, 0.1) is 5.92 Å². The van der Waals surface area contributed by atoms with Gasteiger partial charge in [0.25, 0.3) is 0 Å². The Labute approximate surface area is 165 Å². The van der Waals surface area contributed by atoms with Crippen LogP contribution in [0.15, 0.2) is 36.4 Å². The Morgan fingerprint density at radius 3 is 2.26 bits per heavy atom. The van der Waals surface area contributed by atoms with Crippen molar-refractivity contribution in [3.05, 3.63) is 42.1 Å². The summed E-state index contributed by atoms with van der Waals surface area (Å²) in [7, 11) is 0. The van der Waals surface area contributed by atoms with Crippen LogP contribution in [0.3, 0.4) is 0 Å². The topological polar surface area (TPSA) is 35.0 Å². The summed E-state index contributed by atoms with van der Waals surface area (Å²) in [5.41, 5.74) is 3.11. The number of aromatic nitrogens is 2. The van der Waals surface area contributed by atoms with E-state index in [1.54, 1.807) is 0 Å². The quantitative estimate of drug-likeness (QED) is 0.362. The zero-order valence-corrected chi connectivity index (χ0v) is 17.4. The van der Waals surface area contributed by atoms with Gasteiger partial charge in [0.05, 0.1) is 18.0 Å². The Bertz CT molecular complexity index is 622. The fourth-order valence-electron chi connectivity index (χ4n) is 3.04. The van der Waals surface area contributed by atoms with Crippen LogP contribution in [-0.2, 0) is 6.42 Å². The van der Waals surface area contributed by atoms with Crippen LogP contribution in [-0.4, -0.2) is 16.8 Å².